The minimum atomic E-state index is -4.30. The van der Waals surface area contributed by atoms with Gasteiger partial charge in [-0.1, -0.05) is 13.8 Å². The predicted octanol–water partition coefficient (Wildman–Crippen LogP) is 1.82. The topological polar surface area (TPSA) is 55.1 Å². The van der Waals surface area contributed by atoms with Crippen LogP contribution in [0.5, 0.6) is 0 Å². The molecular formula is C10H19F3N2O. The van der Waals surface area contributed by atoms with Crippen molar-refractivity contribution in [3.05, 3.63) is 0 Å². The molecule has 6 heteroatoms. The Bertz CT molecular complexity index is 241. The molecule has 0 aromatic carbocycles. The Labute approximate surface area is 93.6 Å². The van der Waals surface area contributed by atoms with Crippen LogP contribution >= 0.6 is 0 Å². The van der Waals surface area contributed by atoms with Crippen molar-refractivity contribution in [3.63, 3.8) is 0 Å². The summed E-state index contributed by atoms with van der Waals surface area (Å²) >= 11 is 0. The van der Waals surface area contributed by atoms with E-state index in [0.29, 0.717) is 0 Å². The van der Waals surface area contributed by atoms with E-state index in [1.807, 2.05) is 13.8 Å². The van der Waals surface area contributed by atoms with E-state index in [1.165, 1.54) is 0 Å². The summed E-state index contributed by atoms with van der Waals surface area (Å²) in [7, 11) is 0. The minimum Gasteiger partial charge on any atom is -0.349 e. The number of carbonyl (C=O) groups excluding carboxylic acids is 1. The summed E-state index contributed by atoms with van der Waals surface area (Å²) in [6.07, 6.45) is -5.95. The normalized spacial score (nSPS) is 16.0. The van der Waals surface area contributed by atoms with E-state index in [1.54, 1.807) is 6.92 Å². The molecule has 0 saturated heterocycles. The first-order valence-electron chi connectivity index (χ1n) is 5.18. The molecule has 0 saturated carbocycles. The first-order chi connectivity index (χ1) is 7.10. The molecule has 1 amide bonds. The highest BCUT2D eigenvalue weighted by Gasteiger charge is 2.31. The highest BCUT2D eigenvalue weighted by Crippen LogP contribution is 2.22. The average molecular weight is 240 g/mol. The quantitative estimate of drug-likeness (QED) is 0.770. The molecular weight excluding hydrogens is 221 g/mol. The fourth-order valence-corrected chi connectivity index (χ4v) is 1.07. The van der Waals surface area contributed by atoms with E-state index in [4.69, 9.17) is 5.73 Å². The van der Waals surface area contributed by atoms with Crippen LogP contribution in [0.15, 0.2) is 0 Å². The van der Waals surface area contributed by atoms with Crippen molar-refractivity contribution in [1.29, 1.82) is 0 Å². The molecule has 0 aliphatic carbocycles. The molecule has 0 bridgehead atoms. The van der Waals surface area contributed by atoms with Gasteiger partial charge in [-0.2, -0.15) is 13.2 Å². The van der Waals surface area contributed by atoms with Crippen LogP contribution in [0.25, 0.3) is 0 Å². The van der Waals surface area contributed by atoms with E-state index in [9.17, 15) is 18.0 Å². The van der Waals surface area contributed by atoms with Crippen molar-refractivity contribution < 1.29 is 18.0 Å². The summed E-state index contributed by atoms with van der Waals surface area (Å²) < 4.78 is 35.7. The number of nitrogens with two attached hydrogens (primary N) is 1. The molecule has 0 aliphatic heterocycles. The van der Waals surface area contributed by atoms with Crippen LogP contribution in [0.3, 0.4) is 0 Å². The van der Waals surface area contributed by atoms with Crippen molar-refractivity contribution in [2.75, 3.05) is 6.54 Å². The highest BCUT2D eigenvalue weighted by molar-refractivity contribution is 5.76. The molecule has 16 heavy (non-hydrogen) atoms. The van der Waals surface area contributed by atoms with E-state index in [2.05, 4.69) is 5.32 Å². The van der Waals surface area contributed by atoms with Gasteiger partial charge in [0, 0.05) is 13.0 Å². The van der Waals surface area contributed by atoms with Gasteiger partial charge >= 0.3 is 6.18 Å². The fourth-order valence-electron chi connectivity index (χ4n) is 1.07. The van der Waals surface area contributed by atoms with Crippen molar-refractivity contribution in [1.82, 2.24) is 5.32 Å². The van der Waals surface area contributed by atoms with E-state index >= 15 is 0 Å². The third-order valence-electron chi connectivity index (χ3n) is 2.76. The van der Waals surface area contributed by atoms with E-state index in [0.717, 1.165) is 0 Å². The lowest BCUT2D eigenvalue weighted by Crippen LogP contribution is -2.55. The van der Waals surface area contributed by atoms with Crippen LogP contribution in [0.1, 0.15) is 33.6 Å². The Morgan fingerprint density at radius 2 is 1.88 bits per heavy atom. The van der Waals surface area contributed by atoms with Gasteiger partial charge in [0.25, 0.3) is 0 Å². The number of hydrogen-bond donors (Lipinski definition) is 2. The minimum absolute atomic E-state index is 0.0623. The summed E-state index contributed by atoms with van der Waals surface area (Å²) in [6, 6.07) is 0. The molecule has 0 radical (unpaired) electrons. The van der Waals surface area contributed by atoms with Gasteiger partial charge in [0.2, 0.25) is 5.91 Å². The number of hydrogen-bond acceptors (Lipinski definition) is 2. The number of rotatable bonds is 5. The zero-order chi connectivity index (χ0) is 13.0. The SMILES string of the molecule is CC(C)C(C)(CN)NC(=O)CCC(F)(F)F. The number of carbonyl (C=O) groups is 1. The van der Waals surface area contributed by atoms with Crippen molar-refractivity contribution in [3.8, 4) is 0 Å². The summed E-state index contributed by atoms with van der Waals surface area (Å²) in [5, 5.41) is 2.55. The van der Waals surface area contributed by atoms with Crippen molar-refractivity contribution in [2.45, 2.75) is 45.3 Å². The zero-order valence-corrected chi connectivity index (χ0v) is 9.82. The molecule has 0 aliphatic rings. The Hall–Kier alpha value is -0.780. The Morgan fingerprint density at radius 3 is 2.19 bits per heavy atom. The number of amides is 1. The van der Waals surface area contributed by atoms with Crippen LogP contribution in [0.4, 0.5) is 13.2 Å². The summed E-state index contributed by atoms with van der Waals surface area (Å²) in [6.45, 7) is 5.64. The first-order valence-corrected chi connectivity index (χ1v) is 5.18. The van der Waals surface area contributed by atoms with Gasteiger partial charge in [-0.15, -0.1) is 0 Å². The molecule has 1 unspecified atom stereocenters. The summed E-state index contributed by atoms with van der Waals surface area (Å²) in [5.41, 5.74) is 4.85. The number of nitrogens with one attached hydrogen (secondary N) is 1. The maximum Gasteiger partial charge on any atom is 0.389 e. The first kappa shape index (κ1) is 15.2. The van der Waals surface area contributed by atoms with Crippen LogP contribution in [-0.4, -0.2) is 24.2 Å². The number of halogens is 3. The molecule has 0 fully saturated rings. The lowest BCUT2D eigenvalue weighted by molar-refractivity contribution is -0.145. The van der Waals surface area contributed by atoms with Crippen LogP contribution < -0.4 is 11.1 Å². The molecule has 96 valence electrons. The Balaban J connectivity index is 4.23. The second kappa shape index (κ2) is 5.52. The maximum atomic E-state index is 11.9. The van der Waals surface area contributed by atoms with Crippen LogP contribution in [0.2, 0.25) is 0 Å². The van der Waals surface area contributed by atoms with Crippen LogP contribution in [-0.2, 0) is 4.79 Å². The third-order valence-corrected chi connectivity index (χ3v) is 2.76. The smallest absolute Gasteiger partial charge is 0.349 e. The second-order valence-corrected chi connectivity index (χ2v) is 4.44. The second-order valence-electron chi connectivity index (χ2n) is 4.44. The van der Waals surface area contributed by atoms with Gasteiger partial charge in [0.05, 0.1) is 12.0 Å². The lowest BCUT2D eigenvalue weighted by Gasteiger charge is -2.33. The molecule has 0 heterocycles. The maximum absolute atomic E-state index is 11.9. The summed E-state index contributed by atoms with van der Waals surface area (Å²) in [5.74, 6) is -0.550. The van der Waals surface area contributed by atoms with Crippen molar-refractivity contribution >= 4 is 5.91 Å². The molecule has 0 aromatic heterocycles. The Kier molecular flexibility index (Phi) is 5.25. The molecule has 3 N–H and O–H groups in total. The van der Waals surface area contributed by atoms with Crippen LogP contribution in [0, 0.1) is 5.92 Å². The monoisotopic (exact) mass is 240 g/mol. The van der Waals surface area contributed by atoms with E-state index < -0.39 is 30.5 Å². The average Bonchev–Trinajstić information content (AvgIpc) is 2.13. The molecule has 0 spiro atoms. The molecule has 3 nitrogen and oxygen atoms in total. The van der Waals surface area contributed by atoms with Gasteiger partial charge in [-0.25, -0.2) is 0 Å². The van der Waals surface area contributed by atoms with Gasteiger partial charge in [-0.05, 0) is 12.8 Å². The predicted molar refractivity (Wildman–Crippen MR) is 55.7 cm³/mol. The third kappa shape index (κ3) is 5.34. The van der Waals surface area contributed by atoms with Gasteiger partial charge in [-0.3, -0.25) is 4.79 Å². The van der Waals surface area contributed by atoms with Gasteiger partial charge in [0.1, 0.15) is 0 Å². The molecule has 1 atom stereocenters. The van der Waals surface area contributed by atoms with Crippen molar-refractivity contribution in [2.24, 2.45) is 11.7 Å². The summed E-state index contributed by atoms with van der Waals surface area (Å²) in [4.78, 5) is 11.3. The Morgan fingerprint density at radius 1 is 1.38 bits per heavy atom. The van der Waals surface area contributed by atoms with Gasteiger partial charge in [0.15, 0.2) is 0 Å². The molecule has 0 aromatic rings. The van der Waals surface area contributed by atoms with Gasteiger partial charge < -0.3 is 11.1 Å². The largest absolute Gasteiger partial charge is 0.389 e. The lowest BCUT2D eigenvalue weighted by atomic mass is 9.88. The van der Waals surface area contributed by atoms with E-state index in [-0.39, 0.29) is 12.5 Å². The zero-order valence-electron chi connectivity index (χ0n) is 9.82. The fraction of sp³-hybridized carbons (Fsp3) is 0.900. The standard InChI is InChI=1S/C10H19F3N2O/c1-7(2)9(3,6-14)15-8(16)4-5-10(11,12)13/h7H,4-6,14H2,1-3H3,(H,15,16). The number of alkyl halides is 3. The highest BCUT2D eigenvalue weighted by atomic mass is 19.4. The molecule has 0 rings (SSSR count).